The number of benzene rings is 2. The Hall–Kier alpha value is -2.61. The van der Waals surface area contributed by atoms with Crippen LogP contribution in [0.2, 0.25) is 0 Å². The van der Waals surface area contributed by atoms with Gasteiger partial charge in [-0.05, 0) is 36.2 Å². The van der Waals surface area contributed by atoms with Crippen LogP contribution < -0.4 is 0 Å². The number of carbonyl (C=O) groups excluding carboxylic acids is 1. The van der Waals surface area contributed by atoms with Crippen LogP contribution in [0.4, 0.5) is 13.2 Å². The van der Waals surface area contributed by atoms with Crippen LogP contribution in [0.15, 0.2) is 36.4 Å². The molecule has 0 N–H and O–H groups in total. The van der Waals surface area contributed by atoms with Crippen LogP contribution in [0.5, 0.6) is 0 Å². The predicted molar refractivity (Wildman–Crippen MR) is 70.2 cm³/mol. The fourth-order valence-corrected chi connectivity index (χ4v) is 1.94. The number of hydrogen-bond acceptors (Lipinski definition) is 2. The molecule has 5 heteroatoms. The summed E-state index contributed by atoms with van der Waals surface area (Å²) < 4.78 is 39.8. The lowest BCUT2D eigenvalue weighted by molar-refractivity contribution is 0.0974. The van der Waals surface area contributed by atoms with Crippen molar-refractivity contribution in [3.05, 3.63) is 70.5 Å². The van der Waals surface area contributed by atoms with Crippen molar-refractivity contribution in [2.24, 2.45) is 0 Å². The smallest absolute Gasteiger partial charge is 0.187 e. The molecule has 1 atom stereocenters. The van der Waals surface area contributed by atoms with E-state index in [1.54, 1.807) is 6.07 Å². The fourth-order valence-electron chi connectivity index (χ4n) is 1.94. The van der Waals surface area contributed by atoms with Crippen molar-refractivity contribution in [3.8, 4) is 6.07 Å². The Balaban J connectivity index is 2.44. The molecule has 106 valence electrons. The molecule has 0 bridgehead atoms. The quantitative estimate of drug-likeness (QED) is 0.804. The van der Waals surface area contributed by atoms with Crippen LogP contribution in [0.1, 0.15) is 27.4 Å². The highest BCUT2D eigenvalue weighted by Crippen LogP contribution is 2.24. The van der Waals surface area contributed by atoms with Gasteiger partial charge in [0.05, 0.1) is 11.6 Å². The Bertz CT molecular complexity index is 732. The van der Waals surface area contributed by atoms with Gasteiger partial charge >= 0.3 is 0 Å². The van der Waals surface area contributed by atoms with E-state index in [9.17, 15) is 18.0 Å². The number of halogens is 3. The summed E-state index contributed by atoms with van der Waals surface area (Å²) in [7, 11) is 0. The highest BCUT2D eigenvalue weighted by atomic mass is 19.1. The summed E-state index contributed by atoms with van der Waals surface area (Å²) in [6.07, 6.45) is 0. The third-order valence-corrected chi connectivity index (χ3v) is 3.11. The second kappa shape index (κ2) is 5.80. The summed E-state index contributed by atoms with van der Waals surface area (Å²) in [6, 6.07) is 8.24. The molecule has 0 aromatic heterocycles. The first kappa shape index (κ1) is 14.8. The Morgan fingerprint density at radius 3 is 2.29 bits per heavy atom. The zero-order valence-corrected chi connectivity index (χ0v) is 11.0. The minimum absolute atomic E-state index is 0.107. The standard InChI is InChI=1S/C16H10F3NO/c1-9-6-12(15(19)7-14(9)18)16(21)13(8-20)10-2-4-11(17)5-3-10/h2-7,13H,1H3. The van der Waals surface area contributed by atoms with Crippen LogP contribution in [0.3, 0.4) is 0 Å². The first-order chi connectivity index (χ1) is 9.93. The average Bonchev–Trinajstić information content (AvgIpc) is 2.45. The normalized spacial score (nSPS) is 11.8. The second-order valence-corrected chi connectivity index (χ2v) is 4.56. The zero-order valence-electron chi connectivity index (χ0n) is 11.0. The highest BCUT2D eigenvalue weighted by molar-refractivity contribution is 6.03. The molecule has 2 rings (SSSR count). The monoisotopic (exact) mass is 289 g/mol. The summed E-state index contributed by atoms with van der Waals surface area (Å²) in [6.45, 7) is 1.39. The Morgan fingerprint density at radius 2 is 1.71 bits per heavy atom. The third-order valence-electron chi connectivity index (χ3n) is 3.11. The molecular weight excluding hydrogens is 279 g/mol. The molecule has 0 aliphatic carbocycles. The average molecular weight is 289 g/mol. The molecule has 0 aliphatic heterocycles. The van der Waals surface area contributed by atoms with E-state index >= 15 is 0 Å². The van der Waals surface area contributed by atoms with Crippen molar-refractivity contribution in [1.29, 1.82) is 5.26 Å². The largest absolute Gasteiger partial charge is 0.292 e. The molecule has 1 unspecified atom stereocenters. The maximum absolute atomic E-state index is 13.7. The number of Topliss-reactive ketones (excluding diaryl/α,β-unsaturated/α-hetero) is 1. The van der Waals surface area contributed by atoms with E-state index in [1.807, 2.05) is 0 Å². The molecule has 2 aromatic rings. The van der Waals surface area contributed by atoms with Gasteiger partial charge in [-0.3, -0.25) is 4.79 Å². The van der Waals surface area contributed by atoms with Crippen molar-refractivity contribution in [3.63, 3.8) is 0 Å². The molecule has 0 heterocycles. The van der Waals surface area contributed by atoms with Gasteiger partial charge in [-0.15, -0.1) is 0 Å². The van der Waals surface area contributed by atoms with Crippen molar-refractivity contribution in [2.75, 3.05) is 0 Å². The van der Waals surface area contributed by atoms with E-state index in [-0.39, 0.29) is 16.7 Å². The number of aryl methyl sites for hydroxylation is 1. The first-order valence-electron chi connectivity index (χ1n) is 6.09. The number of ketones is 1. The maximum atomic E-state index is 13.7. The van der Waals surface area contributed by atoms with Crippen molar-refractivity contribution in [1.82, 2.24) is 0 Å². The Labute approximate surface area is 119 Å². The summed E-state index contributed by atoms with van der Waals surface area (Å²) >= 11 is 0. The Morgan fingerprint density at radius 1 is 1.10 bits per heavy atom. The minimum Gasteiger partial charge on any atom is -0.292 e. The molecule has 0 radical (unpaired) electrons. The van der Waals surface area contributed by atoms with Gasteiger partial charge in [0.2, 0.25) is 0 Å². The van der Waals surface area contributed by atoms with Crippen LogP contribution in [-0.4, -0.2) is 5.78 Å². The molecular formula is C16H10F3NO. The van der Waals surface area contributed by atoms with E-state index in [4.69, 9.17) is 5.26 Å². The fraction of sp³-hybridized carbons (Fsp3) is 0.125. The van der Waals surface area contributed by atoms with Gasteiger partial charge in [0.15, 0.2) is 5.78 Å². The lowest BCUT2D eigenvalue weighted by Gasteiger charge is -2.10. The number of nitriles is 1. The number of nitrogens with zero attached hydrogens (tertiary/aromatic N) is 1. The topological polar surface area (TPSA) is 40.9 Å². The maximum Gasteiger partial charge on any atom is 0.187 e. The molecule has 0 amide bonds. The van der Waals surface area contributed by atoms with Crippen molar-refractivity contribution >= 4 is 5.78 Å². The van der Waals surface area contributed by atoms with Gasteiger partial charge in [-0.25, -0.2) is 13.2 Å². The van der Waals surface area contributed by atoms with Gasteiger partial charge in [0.1, 0.15) is 23.4 Å². The molecule has 2 nitrogen and oxygen atoms in total. The SMILES string of the molecule is Cc1cc(C(=O)C(C#N)c2ccc(F)cc2)c(F)cc1F. The minimum atomic E-state index is -1.27. The summed E-state index contributed by atoms with van der Waals surface area (Å²) in [5.41, 5.74) is 0.00518. The molecule has 0 aliphatic rings. The second-order valence-electron chi connectivity index (χ2n) is 4.56. The summed E-state index contributed by atoms with van der Waals surface area (Å²) in [5, 5.41) is 9.13. The predicted octanol–water partition coefficient (Wildman–Crippen LogP) is 3.90. The molecule has 0 saturated carbocycles. The molecule has 0 spiro atoms. The van der Waals surface area contributed by atoms with E-state index in [1.165, 1.54) is 19.1 Å². The Kier molecular flexibility index (Phi) is 4.08. The first-order valence-corrected chi connectivity index (χ1v) is 6.09. The molecule has 21 heavy (non-hydrogen) atoms. The summed E-state index contributed by atoms with van der Waals surface area (Å²) in [5.74, 6) is -4.36. The van der Waals surface area contributed by atoms with Gasteiger partial charge < -0.3 is 0 Å². The molecule has 2 aromatic carbocycles. The lowest BCUT2D eigenvalue weighted by Crippen LogP contribution is -2.14. The van der Waals surface area contributed by atoms with E-state index < -0.39 is 29.2 Å². The van der Waals surface area contributed by atoms with E-state index in [0.29, 0.717) is 6.07 Å². The van der Waals surface area contributed by atoms with Crippen LogP contribution in [-0.2, 0) is 0 Å². The highest BCUT2D eigenvalue weighted by Gasteiger charge is 2.25. The van der Waals surface area contributed by atoms with Gasteiger partial charge in [0, 0.05) is 6.07 Å². The van der Waals surface area contributed by atoms with E-state index in [2.05, 4.69) is 0 Å². The van der Waals surface area contributed by atoms with Gasteiger partial charge in [-0.2, -0.15) is 5.26 Å². The molecule has 0 saturated heterocycles. The number of carbonyl (C=O) groups is 1. The van der Waals surface area contributed by atoms with Gasteiger partial charge in [-0.1, -0.05) is 12.1 Å². The third kappa shape index (κ3) is 2.95. The number of hydrogen-bond donors (Lipinski definition) is 0. The molecule has 0 fully saturated rings. The van der Waals surface area contributed by atoms with Crippen LogP contribution in [0, 0.1) is 35.7 Å². The van der Waals surface area contributed by atoms with Crippen molar-refractivity contribution in [2.45, 2.75) is 12.8 Å². The van der Waals surface area contributed by atoms with Crippen LogP contribution >= 0.6 is 0 Å². The summed E-state index contributed by atoms with van der Waals surface area (Å²) in [4.78, 5) is 12.3. The lowest BCUT2D eigenvalue weighted by atomic mass is 9.91. The van der Waals surface area contributed by atoms with Crippen LogP contribution in [0.25, 0.3) is 0 Å². The number of rotatable bonds is 3. The van der Waals surface area contributed by atoms with E-state index in [0.717, 1.165) is 18.2 Å². The van der Waals surface area contributed by atoms with Crippen molar-refractivity contribution < 1.29 is 18.0 Å². The van der Waals surface area contributed by atoms with Gasteiger partial charge in [0.25, 0.3) is 0 Å². The zero-order chi connectivity index (χ0) is 15.6.